The summed E-state index contributed by atoms with van der Waals surface area (Å²) in [5.74, 6) is -0.0124. The quantitative estimate of drug-likeness (QED) is 0.172. The summed E-state index contributed by atoms with van der Waals surface area (Å²) in [6.45, 7) is 5.95. The number of anilines is 1. The minimum atomic E-state index is -0.0124. The first-order valence-electron chi connectivity index (χ1n) is 11.8. The molecule has 0 saturated heterocycles. The van der Waals surface area contributed by atoms with Gasteiger partial charge >= 0.3 is 0 Å². The van der Waals surface area contributed by atoms with Gasteiger partial charge in [-0.3, -0.25) is 4.79 Å². The van der Waals surface area contributed by atoms with Gasteiger partial charge in [0.1, 0.15) is 0 Å². The zero-order chi connectivity index (χ0) is 22.4. The van der Waals surface area contributed by atoms with Crippen LogP contribution in [0.15, 0.2) is 54.6 Å². The number of carbonyl (C=O) groups is 1. The fraction of sp³-hybridized carbons (Fsp3) is 0.423. The van der Waals surface area contributed by atoms with E-state index in [4.69, 9.17) is 5.73 Å². The lowest BCUT2D eigenvalue weighted by molar-refractivity contribution is -0.115. The minimum Gasteiger partial charge on any atom is -0.330 e. The summed E-state index contributed by atoms with van der Waals surface area (Å²) in [7, 11) is 0. The van der Waals surface area contributed by atoms with Gasteiger partial charge in [-0.05, 0) is 81.8 Å². The third-order valence-electron chi connectivity index (χ3n) is 5.54. The third kappa shape index (κ3) is 8.91. The first kappa shape index (κ1) is 27.0. The van der Waals surface area contributed by atoms with Crippen LogP contribution in [0.25, 0.3) is 21.5 Å². The second-order valence-corrected chi connectivity index (χ2v) is 8.12. The number of amides is 1. The summed E-state index contributed by atoms with van der Waals surface area (Å²) in [6.07, 6.45) is 4.39. The monoisotopic (exact) mass is 471 g/mol. The Balaban J connectivity index is 0.00000385. The van der Waals surface area contributed by atoms with Crippen molar-refractivity contribution < 1.29 is 4.79 Å². The Bertz CT molecular complexity index is 927. The van der Waals surface area contributed by atoms with Crippen LogP contribution in [0.3, 0.4) is 0 Å². The number of hydrogen-bond acceptors (Lipinski definition) is 5. The van der Waals surface area contributed by atoms with Crippen molar-refractivity contribution in [3.63, 3.8) is 0 Å². The molecule has 1 amide bonds. The van der Waals surface area contributed by atoms with Gasteiger partial charge in [-0.15, -0.1) is 12.4 Å². The Morgan fingerprint density at radius 3 is 1.82 bits per heavy atom. The molecule has 0 atom stereocenters. The van der Waals surface area contributed by atoms with Crippen molar-refractivity contribution in [2.45, 2.75) is 25.7 Å². The number of halogens is 1. The highest BCUT2D eigenvalue weighted by atomic mass is 35.5. The smallest absolute Gasteiger partial charge is 0.238 e. The van der Waals surface area contributed by atoms with Crippen LogP contribution in [0.4, 0.5) is 5.69 Å². The van der Waals surface area contributed by atoms with Gasteiger partial charge in [0.15, 0.2) is 0 Å². The number of fused-ring (bicyclic) bond motifs is 2. The minimum absolute atomic E-state index is 0. The summed E-state index contributed by atoms with van der Waals surface area (Å²) < 4.78 is 0. The van der Waals surface area contributed by atoms with Crippen LogP contribution < -0.4 is 27.0 Å². The molecule has 3 rings (SSSR count). The number of nitrogens with two attached hydrogens (primary N) is 1. The Hall–Kier alpha value is -2.22. The summed E-state index contributed by atoms with van der Waals surface area (Å²) in [5.41, 5.74) is 6.37. The summed E-state index contributed by atoms with van der Waals surface area (Å²) in [4.78, 5) is 12.6. The van der Waals surface area contributed by atoms with Crippen molar-refractivity contribution in [3.8, 4) is 0 Å². The van der Waals surface area contributed by atoms with Crippen LogP contribution >= 0.6 is 12.4 Å². The van der Waals surface area contributed by atoms with Gasteiger partial charge in [-0.25, -0.2) is 0 Å². The number of unbranched alkanes of at least 4 members (excludes halogenated alkanes) is 1. The van der Waals surface area contributed by atoms with E-state index in [2.05, 4.69) is 51.6 Å². The maximum absolute atomic E-state index is 12.6. The molecule has 7 heteroatoms. The molecule has 0 aliphatic rings. The maximum Gasteiger partial charge on any atom is 0.238 e. The van der Waals surface area contributed by atoms with Crippen LogP contribution in [0, 0.1) is 0 Å². The van der Waals surface area contributed by atoms with Gasteiger partial charge in [-0.2, -0.15) is 0 Å². The standard InChI is InChI=1S/C26H37N5O.ClH/c27-13-7-16-28-14-5-6-15-29-17-8-18-30-20-25(32)31-26-23-11-3-1-9-21(23)19-22-10-2-4-12-24(22)26;/h1-4,9-12,19,28-30H,5-8,13-18,20,27H2,(H,31,32);1H. The molecule has 6 nitrogen and oxygen atoms in total. The molecule has 0 spiro atoms. The Morgan fingerprint density at radius 1 is 0.697 bits per heavy atom. The third-order valence-corrected chi connectivity index (χ3v) is 5.54. The van der Waals surface area contributed by atoms with E-state index in [1.165, 1.54) is 12.8 Å². The van der Waals surface area contributed by atoms with E-state index in [1.54, 1.807) is 0 Å². The number of rotatable bonds is 15. The van der Waals surface area contributed by atoms with Crippen molar-refractivity contribution in [1.82, 2.24) is 16.0 Å². The largest absolute Gasteiger partial charge is 0.330 e. The van der Waals surface area contributed by atoms with E-state index in [0.29, 0.717) is 6.54 Å². The first-order valence-corrected chi connectivity index (χ1v) is 11.8. The topological polar surface area (TPSA) is 91.2 Å². The van der Waals surface area contributed by atoms with E-state index in [0.717, 1.165) is 79.3 Å². The molecule has 0 radical (unpaired) electrons. The molecule has 0 aliphatic heterocycles. The molecule has 33 heavy (non-hydrogen) atoms. The highest BCUT2D eigenvalue weighted by molar-refractivity contribution is 6.15. The number of benzene rings is 3. The maximum atomic E-state index is 12.6. The molecule has 3 aromatic carbocycles. The first-order chi connectivity index (χ1) is 15.8. The summed E-state index contributed by atoms with van der Waals surface area (Å²) >= 11 is 0. The van der Waals surface area contributed by atoms with Gasteiger partial charge in [0.05, 0.1) is 12.2 Å². The lowest BCUT2D eigenvalue weighted by Gasteiger charge is -2.13. The van der Waals surface area contributed by atoms with Gasteiger partial charge in [-0.1, -0.05) is 48.5 Å². The van der Waals surface area contributed by atoms with Crippen LogP contribution in [0.1, 0.15) is 25.7 Å². The average Bonchev–Trinajstić information content (AvgIpc) is 2.82. The predicted octanol–water partition coefficient (Wildman–Crippen LogP) is 3.64. The van der Waals surface area contributed by atoms with E-state index >= 15 is 0 Å². The molecule has 0 bridgehead atoms. The second kappa shape index (κ2) is 15.6. The average molecular weight is 472 g/mol. The van der Waals surface area contributed by atoms with Gasteiger partial charge in [0, 0.05) is 10.8 Å². The summed E-state index contributed by atoms with van der Waals surface area (Å²) in [6, 6.07) is 18.5. The van der Waals surface area contributed by atoms with Crippen molar-refractivity contribution in [2.75, 3.05) is 51.1 Å². The molecule has 0 unspecified atom stereocenters. The van der Waals surface area contributed by atoms with E-state index in [9.17, 15) is 4.79 Å². The normalized spacial score (nSPS) is 10.9. The summed E-state index contributed by atoms with van der Waals surface area (Å²) in [5, 5.41) is 17.7. The number of carbonyl (C=O) groups excluding carboxylic acids is 1. The van der Waals surface area contributed by atoms with E-state index < -0.39 is 0 Å². The Kier molecular flexibility index (Phi) is 12.8. The molecule has 6 N–H and O–H groups in total. The van der Waals surface area contributed by atoms with Crippen molar-refractivity contribution in [3.05, 3.63) is 54.6 Å². The van der Waals surface area contributed by atoms with Crippen LogP contribution in [0.5, 0.6) is 0 Å². The molecular weight excluding hydrogens is 434 g/mol. The van der Waals surface area contributed by atoms with Crippen molar-refractivity contribution in [2.24, 2.45) is 5.73 Å². The van der Waals surface area contributed by atoms with Gasteiger partial charge in [0.25, 0.3) is 0 Å². The highest BCUT2D eigenvalue weighted by Crippen LogP contribution is 2.32. The second-order valence-electron chi connectivity index (χ2n) is 8.12. The molecule has 0 saturated carbocycles. The molecule has 0 fully saturated rings. The SMILES string of the molecule is Cl.NCCCNCCCCNCCCNCC(=O)Nc1c2ccccc2cc2ccccc12. The zero-order valence-corrected chi connectivity index (χ0v) is 20.2. The van der Waals surface area contributed by atoms with E-state index in [1.807, 2.05) is 24.3 Å². The fourth-order valence-electron chi connectivity index (χ4n) is 3.85. The van der Waals surface area contributed by atoms with E-state index in [-0.39, 0.29) is 18.3 Å². The zero-order valence-electron chi connectivity index (χ0n) is 19.4. The van der Waals surface area contributed by atoms with Gasteiger partial charge < -0.3 is 27.0 Å². The van der Waals surface area contributed by atoms with Crippen LogP contribution in [-0.2, 0) is 4.79 Å². The molecule has 0 aromatic heterocycles. The highest BCUT2D eigenvalue weighted by Gasteiger charge is 2.10. The lowest BCUT2D eigenvalue weighted by atomic mass is 10.0. The lowest BCUT2D eigenvalue weighted by Crippen LogP contribution is -2.30. The van der Waals surface area contributed by atoms with Crippen LogP contribution in [0.2, 0.25) is 0 Å². The Labute approximate surface area is 203 Å². The molecule has 0 heterocycles. The van der Waals surface area contributed by atoms with Gasteiger partial charge in [0.2, 0.25) is 5.91 Å². The number of nitrogens with one attached hydrogen (secondary N) is 4. The predicted molar refractivity (Wildman–Crippen MR) is 143 cm³/mol. The Morgan fingerprint density at radius 2 is 1.21 bits per heavy atom. The van der Waals surface area contributed by atoms with Crippen molar-refractivity contribution in [1.29, 1.82) is 0 Å². The molecule has 3 aromatic rings. The molecular formula is C26H38ClN5O. The number of hydrogen-bond donors (Lipinski definition) is 5. The van der Waals surface area contributed by atoms with Crippen molar-refractivity contribution >= 4 is 45.5 Å². The fourth-order valence-corrected chi connectivity index (χ4v) is 3.85. The molecule has 180 valence electrons. The van der Waals surface area contributed by atoms with Crippen LogP contribution in [-0.4, -0.2) is 51.7 Å². The molecule has 0 aliphatic carbocycles.